The standard InChI is InChI=1S/C21H23N5O2/c1-21(2,3)16-6-4-14(5-7-16)12-26-13-24-19(17(26)18(22)27)25-20(28)15-8-10-23-11-9-15/h4-11,13H,12H2,1-3H3,(H2,22,27)(H,25,28). The first kappa shape index (κ1) is 19.3. The Morgan fingerprint density at radius 1 is 1.07 bits per heavy atom. The number of imidazole rings is 1. The quantitative estimate of drug-likeness (QED) is 0.713. The number of nitrogens with two attached hydrogens (primary N) is 1. The maximum absolute atomic E-state index is 12.3. The predicted octanol–water partition coefficient (Wildman–Crippen LogP) is 2.98. The fourth-order valence-electron chi connectivity index (χ4n) is 2.84. The first-order valence-electron chi connectivity index (χ1n) is 8.91. The van der Waals surface area contributed by atoms with Gasteiger partial charge in [0, 0.05) is 24.5 Å². The van der Waals surface area contributed by atoms with Gasteiger partial charge >= 0.3 is 0 Å². The van der Waals surface area contributed by atoms with Gasteiger partial charge in [-0.25, -0.2) is 4.98 Å². The van der Waals surface area contributed by atoms with Gasteiger partial charge in [-0.2, -0.15) is 0 Å². The topological polar surface area (TPSA) is 103 Å². The van der Waals surface area contributed by atoms with Crippen molar-refractivity contribution in [3.8, 4) is 0 Å². The number of rotatable bonds is 5. The maximum Gasteiger partial charge on any atom is 0.269 e. The van der Waals surface area contributed by atoms with Crippen LogP contribution >= 0.6 is 0 Å². The van der Waals surface area contributed by atoms with E-state index in [1.54, 1.807) is 16.7 Å². The van der Waals surface area contributed by atoms with Crippen LogP contribution in [0.2, 0.25) is 0 Å². The molecular formula is C21H23N5O2. The van der Waals surface area contributed by atoms with Crippen molar-refractivity contribution < 1.29 is 9.59 Å². The van der Waals surface area contributed by atoms with Crippen molar-refractivity contribution in [2.75, 3.05) is 5.32 Å². The third-order valence-electron chi connectivity index (χ3n) is 4.42. The van der Waals surface area contributed by atoms with Crippen LogP contribution in [0.3, 0.4) is 0 Å². The Hall–Kier alpha value is -3.48. The number of hydrogen-bond donors (Lipinski definition) is 2. The SMILES string of the molecule is CC(C)(C)c1ccc(Cn2cnc(NC(=O)c3ccncc3)c2C(N)=O)cc1. The number of pyridine rings is 1. The Bertz CT molecular complexity index is 986. The van der Waals surface area contributed by atoms with E-state index in [1.165, 1.54) is 24.3 Å². The molecule has 0 radical (unpaired) electrons. The molecule has 0 unspecified atom stereocenters. The van der Waals surface area contributed by atoms with Crippen molar-refractivity contribution >= 4 is 17.6 Å². The molecule has 144 valence electrons. The van der Waals surface area contributed by atoms with Crippen molar-refractivity contribution in [1.82, 2.24) is 14.5 Å². The highest BCUT2D eigenvalue weighted by Gasteiger charge is 2.19. The minimum atomic E-state index is -0.658. The van der Waals surface area contributed by atoms with Crippen LogP contribution in [0.15, 0.2) is 55.1 Å². The molecule has 0 aliphatic carbocycles. The predicted molar refractivity (Wildman–Crippen MR) is 107 cm³/mol. The van der Waals surface area contributed by atoms with E-state index in [0.29, 0.717) is 12.1 Å². The molecule has 0 atom stereocenters. The van der Waals surface area contributed by atoms with E-state index >= 15 is 0 Å². The number of carbonyl (C=O) groups is 2. The van der Waals surface area contributed by atoms with Crippen molar-refractivity contribution in [3.05, 3.63) is 77.5 Å². The van der Waals surface area contributed by atoms with Crippen LogP contribution in [0, 0.1) is 0 Å². The van der Waals surface area contributed by atoms with Gasteiger partial charge in [-0.3, -0.25) is 14.6 Å². The second-order valence-electron chi connectivity index (χ2n) is 7.57. The molecule has 0 aliphatic rings. The summed E-state index contributed by atoms with van der Waals surface area (Å²) < 4.78 is 1.64. The summed E-state index contributed by atoms with van der Waals surface area (Å²) in [4.78, 5) is 32.4. The second-order valence-corrected chi connectivity index (χ2v) is 7.57. The van der Waals surface area contributed by atoms with Crippen LogP contribution < -0.4 is 11.1 Å². The van der Waals surface area contributed by atoms with Gasteiger partial charge < -0.3 is 15.6 Å². The first-order chi connectivity index (χ1) is 13.3. The van der Waals surface area contributed by atoms with Gasteiger partial charge in [-0.05, 0) is 28.7 Å². The van der Waals surface area contributed by atoms with Crippen LogP contribution in [0.1, 0.15) is 52.7 Å². The van der Waals surface area contributed by atoms with E-state index in [1.807, 2.05) is 12.1 Å². The summed E-state index contributed by atoms with van der Waals surface area (Å²) in [6, 6.07) is 11.3. The van der Waals surface area contributed by atoms with E-state index in [9.17, 15) is 9.59 Å². The van der Waals surface area contributed by atoms with Crippen LogP contribution in [0.5, 0.6) is 0 Å². The molecule has 3 N–H and O–H groups in total. The van der Waals surface area contributed by atoms with Crippen LogP contribution in [-0.4, -0.2) is 26.3 Å². The van der Waals surface area contributed by atoms with Crippen molar-refractivity contribution in [3.63, 3.8) is 0 Å². The minimum absolute atomic E-state index is 0.0658. The van der Waals surface area contributed by atoms with Crippen molar-refractivity contribution in [2.24, 2.45) is 5.73 Å². The lowest BCUT2D eigenvalue weighted by atomic mass is 9.87. The lowest BCUT2D eigenvalue weighted by Gasteiger charge is -2.19. The summed E-state index contributed by atoms with van der Waals surface area (Å²) in [6.45, 7) is 6.88. The third kappa shape index (κ3) is 4.25. The average Bonchev–Trinajstić information content (AvgIpc) is 3.04. The molecule has 3 aromatic rings. The van der Waals surface area contributed by atoms with Crippen molar-refractivity contribution in [1.29, 1.82) is 0 Å². The number of hydrogen-bond acceptors (Lipinski definition) is 4. The Kier molecular flexibility index (Phi) is 5.26. The zero-order valence-electron chi connectivity index (χ0n) is 16.1. The van der Waals surface area contributed by atoms with Gasteiger partial charge in [0.15, 0.2) is 11.5 Å². The van der Waals surface area contributed by atoms with E-state index in [0.717, 1.165) is 5.56 Å². The molecule has 0 bridgehead atoms. The molecule has 2 amide bonds. The Morgan fingerprint density at radius 2 is 1.71 bits per heavy atom. The largest absolute Gasteiger partial charge is 0.364 e. The molecule has 0 aliphatic heterocycles. The van der Waals surface area contributed by atoms with Gasteiger partial charge in [0.25, 0.3) is 11.8 Å². The molecule has 2 heterocycles. The van der Waals surface area contributed by atoms with Gasteiger partial charge in [-0.1, -0.05) is 45.0 Å². The number of anilines is 1. The molecule has 0 fully saturated rings. The Balaban J connectivity index is 1.83. The molecule has 7 heteroatoms. The lowest BCUT2D eigenvalue weighted by molar-refractivity contribution is 0.0993. The molecule has 7 nitrogen and oxygen atoms in total. The van der Waals surface area contributed by atoms with Gasteiger partial charge in [0.1, 0.15) is 0 Å². The molecule has 2 aromatic heterocycles. The van der Waals surface area contributed by atoms with Crippen LogP contribution in [-0.2, 0) is 12.0 Å². The molecular weight excluding hydrogens is 354 g/mol. The summed E-state index contributed by atoms with van der Waals surface area (Å²) >= 11 is 0. The smallest absolute Gasteiger partial charge is 0.269 e. The van der Waals surface area contributed by atoms with Gasteiger partial charge in [0.05, 0.1) is 6.33 Å². The Labute approximate surface area is 163 Å². The van der Waals surface area contributed by atoms with E-state index < -0.39 is 5.91 Å². The van der Waals surface area contributed by atoms with Crippen LogP contribution in [0.25, 0.3) is 0 Å². The molecule has 28 heavy (non-hydrogen) atoms. The highest BCUT2D eigenvalue weighted by atomic mass is 16.2. The van der Waals surface area contributed by atoms with Crippen molar-refractivity contribution in [2.45, 2.75) is 32.7 Å². The number of aromatic nitrogens is 3. The monoisotopic (exact) mass is 377 g/mol. The zero-order valence-corrected chi connectivity index (χ0v) is 16.1. The number of amides is 2. The van der Waals surface area contributed by atoms with Gasteiger partial charge in [0.2, 0.25) is 0 Å². The molecule has 1 aromatic carbocycles. The highest BCUT2D eigenvalue weighted by molar-refractivity contribution is 6.07. The molecule has 0 spiro atoms. The molecule has 0 saturated carbocycles. The summed E-state index contributed by atoms with van der Waals surface area (Å²) in [6.07, 6.45) is 4.54. The number of benzene rings is 1. The lowest BCUT2D eigenvalue weighted by Crippen LogP contribution is -2.21. The summed E-state index contributed by atoms with van der Waals surface area (Å²) in [7, 11) is 0. The fraction of sp³-hybridized carbons (Fsp3) is 0.238. The number of nitrogens with one attached hydrogen (secondary N) is 1. The van der Waals surface area contributed by atoms with E-state index in [2.05, 4.69) is 48.2 Å². The first-order valence-corrected chi connectivity index (χ1v) is 8.91. The van der Waals surface area contributed by atoms with Gasteiger partial charge in [-0.15, -0.1) is 0 Å². The van der Waals surface area contributed by atoms with E-state index in [-0.39, 0.29) is 22.8 Å². The zero-order chi connectivity index (χ0) is 20.3. The minimum Gasteiger partial charge on any atom is -0.364 e. The normalized spacial score (nSPS) is 11.2. The second kappa shape index (κ2) is 7.64. The number of nitrogens with zero attached hydrogens (tertiary/aromatic N) is 3. The average molecular weight is 377 g/mol. The highest BCUT2D eigenvalue weighted by Crippen LogP contribution is 2.23. The fourth-order valence-corrected chi connectivity index (χ4v) is 2.84. The van der Waals surface area contributed by atoms with E-state index in [4.69, 9.17) is 5.73 Å². The number of primary amides is 1. The Morgan fingerprint density at radius 3 is 2.29 bits per heavy atom. The third-order valence-corrected chi connectivity index (χ3v) is 4.42. The van der Waals surface area contributed by atoms with Crippen LogP contribution in [0.4, 0.5) is 5.82 Å². The molecule has 3 rings (SSSR count). The number of carbonyl (C=O) groups excluding carboxylic acids is 2. The summed E-state index contributed by atoms with van der Waals surface area (Å²) in [5, 5.41) is 2.64. The summed E-state index contributed by atoms with van der Waals surface area (Å²) in [5.41, 5.74) is 8.41. The molecule has 0 saturated heterocycles. The summed E-state index contributed by atoms with van der Waals surface area (Å²) in [5.74, 6) is -0.904. The maximum atomic E-state index is 12.3.